The second-order valence-electron chi connectivity index (χ2n) is 7.88. The molecule has 1 aliphatic rings. The first-order valence-corrected chi connectivity index (χ1v) is 13.0. The third-order valence-electron chi connectivity index (χ3n) is 5.37. The monoisotopic (exact) mass is 509 g/mol. The Balaban J connectivity index is 1.61. The molecule has 0 unspecified atom stereocenters. The number of sulfonamides is 1. The number of benzene rings is 1. The van der Waals surface area contributed by atoms with Gasteiger partial charge in [0, 0.05) is 23.9 Å². The summed E-state index contributed by atoms with van der Waals surface area (Å²) in [6.07, 6.45) is 0. The van der Waals surface area contributed by atoms with Crippen molar-refractivity contribution in [2.45, 2.75) is 31.6 Å². The molecule has 176 valence electrons. The minimum atomic E-state index is -3.34. The van der Waals surface area contributed by atoms with Crippen molar-refractivity contribution in [1.82, 2.24) is 19.1 Å². The maximum absolute atomic E-state index is 13.3. The summed E-state index contributed by atoms with van der Waals surface area (Å²) >= 11 is 7.44. The first-order valence-electron chi connectivity index (χ1n) is 10.3. The molecule has 1 N–H and O–H groups in total. The van der Waals surface area contributed by atoms with Gasteiger partial charge in [-0.25, -0.2) is 12.7 Å². The van der Waals surface area contributed by atoms with Crippen molar-refractivity contribution < 1.29 is 17.9 Å². The van der Waals surface area contributed by atoms with Gasteiger partial charge in [-0.1, -0.05) is 23.7 Å². The zero-order valence-electron chi connectivity index (χ0n) is 18.4. The molecule has 0 radical (unpaired) electrons. The minimum Gasteiger partial charge on any atom is -0.496 e. The fraction of sp³-hybridized carbons (Fsp3) is 0.381. The van der Waals surface area contributed by atoms with E-state index in [1.807, 2.05) is 6.07 Å². The average Bonchev–Trinajstić information content (AvgIpc) is 3.36. The van der Waals surface area contributed by atoms with E-state index in [4.69, 9.17) is 16.3 Å². The number of aromatic nitrogens is 3. The van der Waals surface area contributed by atoms with E-state index in [1.165, 1.54) is 27.4 Å². The van der Waals surface area contributed by atoms with Crippen molar-refractivity contribution in [2.75, 3.05) is 25.5 Å². The van der Waals surface area contributed by atoms with E-state index >= 15 is 0 Å². The number of nitrogens with zero attached hydrogens (tertiary/aromatic N) is 4. The third-order valence-corrected chi connectivity index (χ3v) is 8.81. The molecule has 0 amide bonds. The molecule has 2 aromatic heterocycles. The summed E-state index contributed by atoms with van der Waals surface area (Å²) in [6, 6.07) is 10.6. The van der Waals surface area contributed by atoms with Crippen LogP contribution in [0.2, 0.25) is 4.34 Å². The number of rotatable bonds is 8. The number of ether oxygens (including phenoxy) is 1. The summed E-state index contributed by atoms with van der Waals surface area (Å²) in [4.78, 5) is 18.9. The van der Waals surface area contributed by atoms with Crippen molar-refractivity contribution in [2.24, 2.45) is 0 Å². The van der Waals surface area contributed by atoms with Crippen LogP contribution in [-0.2, 0) is 16.6 Å². The Morgan fingerprint density at radius 3 is 2.64 bits per heavy atom. The standard InChI is InChI=1S/C21H24ClN5O4S2/c1-13(2)33(29,30)26-11-14(12-26)19-24-21(23-10-15-8-9-18(22)32-15)27(25-19)20(28)16-6-4-5-7-17(16)31-3/h4-9,13-14H,10-12H2,1-3H3,(H,23,24,25). The average molecular weight is 510 g/mol. The van der Waals surface area contributed by atoms with Crippen molar-refractivity contribution in [1.29, 1.82) is 0 Å². The highest BCUT2D eigenvalue weighted by Gasteiger charge is 2.40. The summed E-state index contributed by atoms with van der Waals surface area (Å²) in [5.41, 5.74) is 0.344. The zero-order valence-corrected chi connectivity index (χ0v) is 20.7. The van der Waals surface area contributed by atoms with Crippen LogP contribution in [0.5, 0.6) is 5.75 Å². The van der Waals surface area contributed by atoms with E-state index in [0.717, 1.165) is 4.88 Å². The Morgan fingerprint density at radius 2 is 2.00 bits per heavy atom. The number of hydrogen-bond acceptors (Lipinski definition) is 8. The molecule has 1 saturated heterocycles. The lowest BCUT2D eigenvalue weighted by Gasteiger charge is -2.37. The Morgan fingerprint density at radius 1 is 1.27 bits per heavy atom. The molecule has 0 bridgehead atoms. The number of hydrogen-bond donors (Lipinski definition) is 1. The maximum atomic E-state index is 13.3. The lowest BCUT2D eigenvalue weighted by atomic mass is 10.0. The molecule has 0 spiro atoms. The van der Waals surface area contributed by atoms with Crippen LogP contribution in [0.25, 0.3) is 0 Å². The van der Waals surface area contributed by atoms with Gasteiger partial charge in [0.1, 0.15) is 5.75 Å². The molecule has 12 heteroatoms. The van der Waals surface area contributed by atoms with Crippen LogP contribution in [0.3, 0.4) is 0 Å². The molecule has 3 aromatic rings. The van der Waals surface area contributed by atoms with Crippen LogP contribution >= 0.6 is 22.9 Å². The topological polar surface area (TPSA) is 106 Å². The Kier molecular flexibility index (Phi) is 6.76. The number of carbonyl (C=O) groups excluding carboxylic acids is 1. The number of para-hydroxylation sites is 1. The highest BCUT2D eigenvalue weighted by Crippen LogP contribution is 2.30. The predicted octanol–water partition coefficient (Wildman–Crippen LogP) is 3.44. The summed E-state index contributed by atoms with van der Waals surface area (Å²) in [5.74, 6) is 0.523. The molecule has 1 fully saturated rings. The summed E-state index contributed by atoms with van der Waals surface area (Å²) in [6.45, 7) is 4.29. The molecular formula is C21H24ClN5O4S2. The smallest absolute Gasteiger partial charge is 0.285 e. The van der Waals surface area contributed by atoms with Gasteiger partial charge in [-0.2, -0.15) is 9.67 Å². The molecule has 0 atom stereocenters. The molecule has 3 heterocycles. The van der Waals surface area contributed by atoms with Crippen LogP contribution < -0.4 is 10.1 Å². The lowest BCUT2D eigenvalue weighted by molar-refractivity contribution is 0.0943. The van der Waals surface area contributed by atoms with E-state index in [1.54, 1.807) is 44.2 Å². The van der Waals surface area contributed by atoms with Gasteiger partial charge in [-0.05, 0) is 38.1 Å². The van der Waals surface area contributed by atoms with E-state index in [-0.39, 0.29) is 25.0 Å². The number of halogens is 1. The Bertz CT molecular complexity index is 1270. The van der Waals surface area contributed by atoms with Gasteiger partial charge < -0.3 is 10.1 Å². The molecule has 33 heavy (non-hydrogen) atoms. The maximum Gasteiger partial charge on any atom is 0.285 e. The van der Waals surface area contributed by atoms with E-state index < -0.39 is 21.2 Å². The number of thiophene rings is 1. The van der Waals surface area contributed by atoms with E-state index in [0.29, 0.717) is 28.0 Å². The van der Waals surface area contributed by atoms with Gasteiger partial charge in [-0.15, -0.1) is 16.4 Å². The third kappa shape index (κ3) is 4.77. The van der Waals surface area contributed by atoms with Crippen LogP contribution in [0, 0.1) is 0 Å². The number of nitrogens with one attached hydrogen (secondary N) is 1. The van der Waals surface area contributed by atoms with Crippen molar-refractivity contribution in [3.63, 3.8) is 0 Å². The lowest BCUT2D eigenvalue weighted by Crippen LogP contribution is -2.51. The summed E-state index contributed by atoms with van der Waals surface area (Å²) < 4.78 is 33.4. The predicted molar refractivity (Wildman–Crippen MR) is 128 cm³/mol. The fourth-order valence-corrected chi connectivity index (χ4v) is 5.81. The van der Waals surface area contributed by atoms with Gasteiger partial charge in [0.05, 0.1) is 28.8 Å². The molecule has 4 rings (SSSR count). The second-order valence-corrected chi connectivity index (χ2v) is 12.2. The van der Waals surface area contributed by atoms with Gasteiger partial charge in [0.25, 0.3) is 5.91 Å². The van der Waals surface area contributed by atoms with Gasteiger partial charge in [0.2, 0.25) is 16.0 Å². The van der Waals surface area contributed by atoms with Crippen molar-refractivity contribution >= 4 is 44.8 Å². The van der Waals surface area contributed by atoms with E-state index in [9.17, 15) is 13.2 Å². The largest absolute Gasteiger partial charge is 0.496 e. The highest BCUT2D eigenvalue weighted by atomic mass is 35.5. The molecular weight excluding hydrogens is 486 g/mol. The first-order chi connectivity index (χ1) is 15.7. The fourth-order valence-electron chi connectivity index (χ4n) is 3.41. The SMILES string of the molecule is COc1ccccc1C(=O)n1nc(C2CN(S(=O)(=O)C(C)C)C2)nc1NCc1ccc(Cl)s1. The number of methoxy groups -OCH3 is 1. The van der Waals surface area contributed by atoms with Gasteiger partial charge >= 0.3 is 0 Å². The van der Waals surface area contributed by atoms with Crippen molar-refractivity contribution in [3.8, 4) is 5.75 Å². The van der Waals surface area contributed by atoms with E-state index in [2.05, 4.69) is 15.4 Å². The van der Waals surface area contributed by atoms with Gasteiger partial charge in [-0.3, -0.25) is 4.79 Å². The highest BCUT2D eigenvalue weighted by molar-refractivity contribution is 7.89. The van der Waals surface area contributed by atoms with Crippen LogP contribution in [0.1, 0.15) is 40.8 Å². The molecule has 1 aliphatic heterocycles. The van der Waals surface area contributed by atoms with Crippen LogP contribution in [0.15, 0.2) is 36.4 Å². The normalized spacial score (nSPS) is 14.9. The zero-order chi connectivity index (χ0) is 23.8. The summed E-state index contributed by atoms with van der Waals surface area (Å²) in [7, 11) is -1.84. The second kappa shape index (κ2) is 9.41. The number of anilines is 1. The summed E-state index contributed by atoms with van der Waals surface area (Å²) in [5, 5.41) is 7.12. The van der Waals surface area contributed by atoms with Crippen LogP contribution in [-0.4, -0.2) is 58.8 Å². The Hall–Kier alpha value is -2.47. The van der Waals surface area contributed by atoms with Gasteiger partial charge in [0.15, 0.2) is 5.82 Å². The molecule has 9 nitrogen and oxygen atoms in total. The molecule has 0 saturated carbocycles. The molecule has 0 aliphatic carbocycles. The minimum absolute atomic E-state index is 0.193. The van der Waals surface area contributed by atoms with Crippen molar-refractivity contribution in [3.05, 3.63) is 57.0 Å². The number of carbonyl (C=O) groups is 1. The van der Waals surface area contributed by atoms with Crippen LogP contribution in [0.4, 0.5) is 5.95 Å². The molecule has 1 aromatic carbocycles. The Labute approximate surface area is 201 Å². The quantitative estimate of drug-likeness (QED) is 0.495. The first kappa shape index (κ1) is 23.7.